The molecule has 0 bridgehead atoms. The van der Waals surface area contributed by atoms with Gasteiger partial charge in [-0.05, 0) is 12.1 Å². The normalized spacial score (nSPS) is 10.4. The molecule has 0 spiro atoms. The molecule has 0 saturated carbocycles. The second kappa shape index (κ2) is 3.14. The summed E-state index contributed by atoms with van der Waals surface area (Å²) in [4.78, 5) is 10.7. The van der Waals surface area contributed by atoms with Crippen LogP contribution in [-0.4, -0.2) is 23.2 Å². The van der Waals surface area contributed by atoms with Crippen molar-refractivity contribution in [2.75, 3.05) is 7.11 Å². The maximum Gasteiger partial charge on any atom is 0.150 e. The lowest BCUT2D eigenvalue weighted by molar-refractivity contribution is 0.112. The van der Waals surface area contributed by atoms with Gasteiger partial charge in [0.2, 0.25) is 0 Å². The van der Waals surface area contributed by atoms with Crippen LogP contribution in [0.25, 0.3) is 10.9 Å². The van der Waals surface area contributed by atoms with Crippen LogP contribution in [0, 0.1) is 0 Å². The zero-order valence-corrected chi connectivity index (χ0v) is 8.02. The predicted octanol–water partition coefficient (Wildman–Crippen LogP) is 1.39. The minimum Gasteiger partial charge on any atom is -0.496 e. The molecule has 4 heteroatoms. The molecule has 1 heterocycles. The lowest BCUT2D eigenvalue weighted by Gasteiger charge is -2.02. The SMILES string of the molecule is COc1cc(C=O)cc2c1cnn2C. The summed E-state index contributed by atoms with van der Waals surface area (Å²) in [7, 11) is 3.41. The monoisotopic (exact) mass is 190 g/mol. The van der Waals surface area contributed by atoms with Crippen molar-refractivity contribution in [2.24, 2.45) is 7.05 Å². The Morgan fingerprint density at radius 1 is 1.50 bits per heavy atom. The van der Waals surface area contributed by atoms with Gasteiger partial charge < -0.3 is 4.74 Å². The fraction of sp³-hybridized carbons (Fsp3) is 0.200. The van der Waals surface area contributed by atoms with Crippen LogP contribution in [0.3, 0.4) is 0 Å². The molecule has 4 nitrogen and oxygen atoms in total. The first-order valence-corrected chi connectivity index (χ1v) is 4.21. The van der Waals surface area contributed by atoms with Gasteiger partial charge in [0.15, 0.2) is 0 Å². The van der Waals surface area contributed by atoms with Gasteiger partial charge in [-0.25, -0.2) is 0 Å². The summed E-state index contributed by atoms with van der Waals surface area (Å²) in [5, 5.41) is 5.02. The molecule has 1 aromatic carbocycles. The number of benzene rings is 1. The summed E-state index contributed by atoms with van der Waals surface area (Å²) in [6.07, 6.45) is 2.53. The molecule has 0 N–H and O–H groups in total. The van der Waals surface area contributed by atoms with Crippen LogP contribution in [0.15, 0.2) is 18.3 Å². The number of aromatic nitrogens is 2. The smallest absolute Gasteiger partial charge is 0.150 e. The summed E-state index contributed by atoms with van der Waals surface area (Å²) in [5.74, 6) is 0.678. The molecule has 0 aliphatic carbocycles. The third kappa shape index (κ3) is 1.16. The largest absolute Gasteiger partial charge is 0.496 e. The van der Waals surface area contributed by atoms with Crippen molar-refractivity contribution in [3.05, 3.63) is 23.9 Å². The summed E-state index contributed by atoms with van der Waals surface area (Å²) < 4.78 is 6.88. The summed E-state index contributed by atoms with van der Waals surface area (Å²) in [5.41, 5.74) is 1.49. The molecular formula is C10H10N2O2. The van der Waals surface area contributed by atoms with Gasteiger partial charge in [-0.2, -0.15) is 5.10 Å². The van der Waals surface area contributed by atoms with Crippen LogP contribution in [0.2, 0.25) is 0 Å². The number of fused-ring (bicyclic) bond motifs is 1. The number of rotatable bonds is 2. The molecule has 2 rings (SSSR count). The third-order valence-corrected chi connectivity index (χ3v) is 2.21. The van der Waals surface area contributed by atoms with E-state index in [1.54, 1.807) is 30.1 Å². The minimum atomic E-state index is 0.595. The van der Waals surface area contributed by atoms with Crippen molar-refractivity contribution in [1.82, 2.24) is 9.78 Å². The van der Waals surface area contributed by atoms with Crippen LogP contribution < -0.4 is 4.74 Å². The van der Waals surface area contributed by atoms with Crippen LogP contribution >= 0.6 is 0 Å². The fourth-order valence-corrected chi connectivity index (χ4v) is 1.47. The predicted molar refractivity (Wildman–Crippen MR) is 52.7 cm³/mol. The van der Waals surface area contributed by atoms with Crippen LogP contribution in [0.1, 0.15) is 10.4 Å². The molecule has 0 amide bonds. The lowest BCUT2D eigenvalue weighted by Crippen LogP contribution is -1.91. The van der Waals surface area contributed by atoms with Crippen molar-refractivity contribution in [3.8, 4) is 5.75 Å². The van der Waals surface area contributed by atoms with Crippen molar-refractivity contribution in [2.45, 2.75) is 0 Å². The Kier molecular flexibility index (Phi) is 1.96. The first-order chi connectivity index (χ1) is 6.76. The van der Waals surface area contributed by atoms with E-state index in [1.165, 1.54) is 0 Å². The van der Waals surface area contributed by atoms with E-state index < -0.39 is 0 Å². The molecule has 0 radical (unpaired) electrons. The van der Waals surface area contributed by atoms with Crippen LogP contribution in [0.4, 0.5) is 0 Å². The summed E-state index contributed by atoms with van der Waals surface area (Å²) >= 11 is 0. The number of hydrogen-bond acceptors (Lipinski definition) is 3. The molecule has 14 heavy (non-hydrogen) atoms. The summed E-state index contributed by atoms with van der Waals surface area (Å²) in [6, 6.07) is 3.49. The molecule has 2 aromatic rings. The number of aldehydes is 1. The van der Waals surface area contributed by atoms with E-state index in [2.05, 4.69) is 5.10 Å². The molecule has 0 atom stereocenters. The summed E-state index contributed by atoms with van der Waals surface area (Å²) in [6.45, 7) is 0. The molecule has 0 fully saturated rings. The van der Waals surface area contributed by atoms with Crippen molar-refractivity contribution in [3.63, 3.8) is 0 Å². The number of hydrogen-bond donors (Lipinski definition) is 0. The molecule has 72 valence electrons. The highest BCUT2D eigenvalue weighted by Crippen LogP contribution is 2.26. The second-order valence-electron chi connectivity index (χ2n) is 3.04. The van der Waals surface area contributed by atoms with E-state index in [4.69, 9.17) is 4.74 Å². The highest BCUT2D eigenvalue weighted by molar-refractivity contribution is 5.91. The molecule has 1 aromatic heterocycles. The minimum absolute atomic E-state index is 0.595. The van der Waals surface area contributed by atoms with Gasteiger partial charge in [0.05, 0.1) is 24.2 Å². The number of methoxy groups -OCH3 is 1. The zero-order valence-electron chi connectivity index (χ0n) is 8.02. The Hall–Kier alpha value is -1.84. The van der Waals surface area contributed by atoms with Gasteiger partial charge >= 0.3 is 0 Å². The highest BCUT2D eigenvalue weighted by atomic mass is 16.5. The molecule has 0 aliphatic rings. The van der Waals surface area contributed by atoms with Gasteiger partial charge in [-0.3, -0.25) is 9.48 Å². The van der Waals surface area contributed by atoms with E-state index in [0.717, 1.165) is 17.2 Å². The Balaban J connectivity index is 2.82. The fourth-order valence-electron chi connectivity index (χ4n) is 1.47. The average molecular weight is 190 g/mol. The van der Waals surface area contributed by atoms with E-state index >= 15 is 0 Å². The van der Waals surface area contributed by atoms with Crippen LogP contribution in [0.5, 0.6) is 5.75 Å². The number of aryl methyl sites for hydroxylation is 1. The van der Waals surface area contributed by atoms with E-state index in [-0.39, 0.29) is 0 Å². The van der Waals surface area contributed by atoms with Crippen molar-refractivity contribution < 1.29 is 9.53 Å². The van der Waals surface area contributed by atoms with Crippen LogP contribution in [-0.2, 0) is 7.05 Å². The number of carbonyl (C=O) groups excluding carboxylic acids is 1. The Labute approximate surface area is 81.1 Å². The standard InChI is InChI=1S/C10H10N2O2/c1-12-9-3-7(6-13)4-10(14-2)8(9)5-11-12/h3-6H,1-2H3. The lowest BCUT2D eigenvalue weighted by atomic mass is 10.1. The molecule has 0 aliphatic heterocycles. The van der Waals surface area contributed by atoms with E-state index in [1.807, 2.05) is 7.05 Å². The topological polar surface area (TPSA) is 44.1 Å². The number of ether oxygens (including phenoxy) is 1. The quantitative estimate of drug-likeness (QED) is 0.672. The second-order valence-corrected chi connectivity index (χ2v) is 3.04. The van der Waals surface area contributed by atoms with Gasteiger partial charge in [-0.15, -0.1) is 0 Å². The Bertz CT molecular complexity index is 488. The molecule has 0 unspecified atom stereocenters. The number of nitrogens with zero attached hydrogens (tertiary/aromatic N) is 2. The Morgan fingerprint density at radius 3 is 2.93 bits per heavy atom. The average Bonchev–Trinajstić information content (AvgIpc) is 2.59. The third-order valence-electron chi connectivity index (χ3n) is 2.21. The van der Waals surface area contributed by atoms with Gasteiger partial charge in [0, 0.05) is 12.6 Å². The first-order valence-electron chi connectivity index (χ1n) is 4.21. The van der Waals surface area contributed by atoms with Gasteiger partial charge in [0.25, 0.3) is 0 Å². The maximum absolute atomic E-state index is 10.7. The Morgan fingerprint density at radius 2 is 2.29 bits per heavy atom. The maximum atomic E-state index is 10.7. The zero-order chi connectivity index (χ0) is 10.1. The van der Waals surface area contributed by atoms with E-state index in [9.17, 15) is 4.79 Å². The van der Waals surface area contributed by atoms with E-state index in [0.29, 0.717) is 11.3 Å². The first kappa shape index (κ1) is 8.74. The highest BCUT2D eigenvalue weighted by Gasteiger charge is 2.07. The van der Waals surface area contributed by atoms with Crippen molar-refractivity contribution >= 4 is 17.2 Å². The van der Waals surface area contributed by atoms with Crippen molar-refractivity contribution in [1.29, 1.82) is 0 Å². The number of carbonyl (C=O) groups is 1. The van der Waals surface area contributed by atoms with Gasteiger partial charge in [-0.1, -0.05) is 0 Å². The van der Waals surface area contributed by atoms with Gasteiger partial charge in [0.1, 0.15) is 12.0 Å². The molecular weight excluding hydrogens is 180 g/mol. The molecule has 0 saturated heterocycles.